The van der Waals surface area contributed by atoms with Crippen LogP contribution < -0.4 is 14.2 Å². The number of carbonyl (C=O) groups is 2. The van der Waals surface area contributed by atoms with E-state index in [1.165, 1.54) is 21.2 Å². The zero-order valence-electron chi connectivity index (χ0n) is 20.1. The minimum atomic E-state index is -0.333. The molecule has 35 heavy (non-hydrogen) atoms. The third-order valence-corrected chi connectivity index (χ3v) is 6.70. The van der Waals surface area contributed by atoms with Crippen molar-refractivity contribution in [1.29, 1.82) is 0 Å². The lowest BCUT2D eigenvalue weighted by atomic mass is 9.97. The molecule has 182 valence electrons. The summed E-state index contributed by atoms with van der Waals surface area (Å²) in [4.78, 5) is 28.1. The molecule has 0 bridgehead atoms. The van der Waals surface area contributed by atoms with E-state index in [1.54, 1.807) is 40.5 Å². The molecule has 1 atom stereocenters. The van der Waals surface area contributed by atoms with E-state index in [4.69, 9.17) is 19.3 Å². The highest BCUT2D eigenvalue weighted by Crippen LogP contribution is 2.36. The Labute approximate surface area is 208 Å². The molecule has 0 unspecified atom stereocenters. The van der Waals surface area contributed by atoms with Crippen LogP contribution in [0, 0.1) is 0 Å². The zero-order chi connectivity index (χ0) is 24.9. The summed E-state index contributed by atoms with van der Waals surface area (Å²) < 4.78 is 16.2. The fourth-order valence-corrected chi connectivity index (χ4v) is 4.68. The van der Waals surface area contributed by atoms with Gasteiger partial charge in [0.2, 0.25) is 0 Å². The lowest BCUT2D eigenvalue weighted by molar-refractivity contribution is -0.133. The molecule has 4 rings (SSSR count). The number of rotatable bonds is 8. The van der Waals surface area contributed by atoms with E-state index < -0.39 is 0 Å². The second-order valence-electron chi connectivity index (χ2n) is 7.98. The zero-order valence-corrected chi connectivity index (χ0v) is 20.9. The van der Waals surface area contributed by atoms with Crippen molar-refractivity contribution in [3.05, 3.63) is 76.0 Å². The number of hydrogen-bond acceptors (Lipinski definition) is 7. The van der Waals surface area contributed by atoms with E-state index in [1.807, 2.05) is 47.8 Å². The third-order valence-electron chi connectivity index (χ3n) is 5.84. The van der Waals surface area contributed by atoms with Gasteiger partial charge in [0.05, 0.1) is 38.0 Å². The summed E-state index contributed by atoms with van der Waals surface area (Å²) in [6.45, 7) is -0.0973. The van der Waals surface area contributed by atoms with Gasteiger partial charge in [-0.05, 0) is 41.3 Å². The van der Waals surface area contributed by atoms with Crippen LogP contribution in [0.25, 0.3) is 0 Å². The van der Waals surface area contributed by atoms with E-state index in [0.717, 1.165) is 16.9 Å². The topological polar surface area (TPSA) is 80.7 Å². The van der Waals surface area contributed by atoms with E-state index >= 15 is 0 Å². The SMILES string of the molecule is COc1ccc([C@@H]2CC(c3ccc(OC)cc3OC)=NN2C(=O)CN(C)C(=O)c2cccs2)cc1. The van der Waals surface area contributed by atoms with Crippen molar-refractivity contribution in [3.8, 4) is 17.2 Å². The molecule has 2 amide bonds. The molecule has 8 nitrogen and oxygen atoms in total. The van der Waals surface area contributed by atoms with Gasteiger partial charge in [-0.1, -0.05) is 18.2 Å². The highest BCUT2D eigenvalue weighted by atomic mass is 32.1. The largest absolute Gasteiger partial charge is 0.497 e. The summed E-state index contributed by atoms with van der Waals surface area (Å²) >= 11 is 1.34. The minimum absolute atomic E-state index is 0.0973. The maximum Gasteiger partial charge on any atom is 0.264 e. The molecule has 1 aliphatic rings. The van der Waals surface area contributed by atoms with Crippen molar-refractivity contribution in [2.45, 2.75) is 12.5 Å². The van der Waals surface area contributed by atoms with Crippen LogP contribution >= 0.6 is 11.3 Å². The molecule has 0 saturated carbocycles. The average Bonchev–Trinajstić information content (AvgIpc) is 3.58. The second kappa shape index (κ2) is 10.6. The second-order valence-corrected chi connectivity index (χ2v) is 8.93. The molecular weight excluding hydrogens is 466 g/mol. The number of likely N-dealkylation sites (N-methyl/N-ethyl adjacent to an activating group) is 1. The van der Waals surface area contributed by atoms with Gasteiger partial charge in [0.1, 0.15) is 23.8 Å². The predicted octanol–water partition coefficient (Wildman–Crippen LogP) is 4.22. The first-order valence-electron chi connectivity index (χ1n) is 11.0. The Balaban J connectivity index is 1.64. The molecule has 0 radical (unpaired) electrons. The number of hydrazone groups is 1. The number of benzene rings is 2. The third kappa shape index (κ3) is 5.14. The van der Waals surface area contributed by atoms with Crippen molar-refractivity contribution in [2.24, 2.45) is 5.10 Å². The van der Waals surface area contributed by atoms with Crippen molar-refractivity contribution < 1.29 is 23.8 Å². The van der Waals surface area contributed by atoms with Gasteiger partial charge in [0.15, 0.2) is 0 Å². The Bertz CT molecular complexity index is 1220. The first kappa shape index (κ1) is 24.3. The van der Waals surface area contributed by atoms with Gasteiger partial charge in [-0.15, -0.1) is 11.3 Å². The summed E-state index contributed by atoms with van der Waals surface area (Å²) in [5, 5.41) is 8.02. The van der Waals surface area contributed by atoms with Crippen molar-refractivity contribution in [1.82, 2.24) is 9.91 Å². The Morgan fingerprint density at radius 3 is 2.37 bits per heavy atom. The molecule has 2 heterocycles. The number of methoxy groups -OCH3 is 3. The van der Waals surface area contributed by atoms with Crippen molar-refractivity contribution >= 4 is 28.9 Å². The molecule has 0 spiro atoms. The minimum Gasteiger partial charge on any atom is -0.497 e. The Kier molecular flexibility index (Phi) is 7.36. The number of ether oxygens (including phenoxy) is 3. The van der Waals surface area contributed by atoms with Crippen LogP contribution in [0.5, 0.6) is 17.2 Å². The summed E-state index contributed by atoms with van der Waals surface area (Å²) in [5.74, 6) is 1.52. The lowest BCUT2D eigenvalue weighted by Crippen LogP contribution is -2.39. The molecular formula is C26H27N3O5S. The van der Waals surface area contributed by atoms with E-state index in [0.29, 0.717) is 28.5 Å². The number of thiophene rings is 1. The highest BCUT2D eigenvalue weighted by molar-refractivity contribution is 7.12. The van der Waals surface area contributed by atoms with Crippen LogP contribution in [0.3, 0.4) is 0 Å². The van der Waals surface area contributed by atoms with E-state index in [2.05, 4.69) is 0 Å². The molecule has 0 N–H and O–H groups in total. The maximum atomic E-state index is 13.4. The fraction of sp³-hybridized carbons (Fsp3) is 0.269. The fourth-order valence-electron chi connectivity index (χ4n) is 3.96. The number of hydrogen-bond donors (Lipinski definition) is 0. The molecule has 3 aromatic rings. The van der Waals surface area contributed by atoms with E-state index in [9.17, 15) is 9.59 Å². The van der Waals surface area contributed by atoms with Crippen LogP contribution in [0.1, 0.15) is 33.3 Å². The summed E-state index contributed by atoms with van der Waals surface area (Å²) in [5.41, 5.74) is 2.41. The summed E-state index contributed by atoms with van der Waals surface area (Å²) in [6.07, 6.45) is 0.489. The van der Waals surface area contributed by atoms with Crippen LogP contribution in [-0.2, 0) is 4.79 Å². The molecule has 0 saturated heterocycles. The molecule has 9 heteroatoms. The molecule has 1 aliphatic heterocycles. The predicted molar refractivity (Wildman–Crippen MR) is 135 cm³/mol. The van der Waals surface area contributed by atoms with Gasteiger partial charge in [-0.25, -0.2) is 5.01 Å². The van der Waals surface area contributed by atoms with Gasteiger partial charge in [-0.2, -0.15) is 5.10 Å². The number of amides is 2. The summed E-state index contributed by atoms with van der Waals surface area (Å²) in [7, 11) is 6.41. The average molecular weight is 494 g/mol. The normalized spacial score (nSPS) is 14.9. The first-order valence-corrected chi connectivity index (χ1v) is 11.9. The Morgan fingerprint density at radius 2 is 1.74 bits per heavy atom. The van der Waals surface area contributed by atoms with Crippen LogP contribution in [0.4, 0.5) is 0 Å². The van der Waals surface area contributed by atoms with E-state index in [-0.39, 0.29) is 24.4 Å². The lowest BCUT2D eigenvalue weighted by Gasteiger charge is -2.25. The Morgan fingerprint density at radius 1 is 1.03 bits per heavy atom. The standard InChI is InChI=1S/C26H27N3O5S/c1-28(26(31)24-6-5-13-35-24)16-25(30)29-22(17-7-9-18(32-2)10-8-17)15-21(27-29)20-12-11-19(33-3)14-23(20)34-4/h5-14,22H,15-16H2,1-4H3/t22-/m0/s1. The quantitative estimate of drug-likeness (QED) is 0.469. The van der Waals surface area contributed by atoms with Gasteiger partial charge < -0.3 is 19.1 Å². The number of nitrogens with zero attached hydrogens (tertiary/aromatic N) is 3. The highest BCUT2D eigenvalue weighted by Gasteiger charge is 2.35. The molecule has 1 aromatic heterocycles. The van der Waals surface area contributed by atoms with Gasteiger partial charge >= 0.3 is 0 Å². The van der Waals surface area contributed by atoms with Crippen LogP contribution in [0.2, 0.25) is 0 Å². The molecule has 0 fully saturated rings. The monoisotopic (exact) mass is 493 g/mol. The van der Waals surface area contributed by atoms with Crippen LogP contribution in [-0.4, -0.2) is 62.4 Å². The Hall–Kier alpha value is -3.85. The first-order chi connectivity index (χ1) is 16.9. The smallest absolute Gasteiger partial charge is 0.264 e. The number of carbonyl (C=O) groups excluding carboxylic acids is 2. The van der Waals surface area contributed by atoms with Crippen molar-refractivity contribution in [3.63, 3.8) is 0 Å². The van der Waals surface area contributed by atoms with Crippen LogP contribution in [0.15, 0.2) is 65.1 Å². The van der Waals surface area contributed by atoms with Crippen molar-refractivity contribution in [2.75, 3.05) is 34.9 Å². The maximum absolute atomic E-state index is 13.4. The molecule has 0 aliphatic carbocycles. The van der Waals surface area contributed by atoms with Gasteiger partial charge in [0, 0.05) is 25.1 Å². The van der Waals surface area contributed by atoms with Gasteiger partial charge in [0.25, 0.3) is 11.8 Å². The van der Waals surface area contributed by atoms with Gasteiger partial charge in [-0.3, -0.25) is 9.59 Å². The summed E-state index contributed by atoms with van der Waals surface area (Å²) in [6, 6.07) is 16.3. The molecule has 2 aromatic carbocycles.